The van der Waals surface area contributed by atoms with Gasteiger partial charge in [0.1, 0.15) is 5.82 Å². The number of halogens is 1. The van der Waals surface area contributed by atoms with Gasteiger partial charge in [-0.15, -0.1) is 11.3 Å². The molecule has 1 aliphatic rings. The third-order valence-corrected chi connectivity index (χ3v) is 5.37. The summed E-state index contributed by atoms with van der Waals surface area (Å²) in [6, 6.07) is 13.2. The first kappa shape index (κ1) is 18.3. The molecule has 0 radical (unpaired) electrons. The first-order valence-electron chi connectivity index (χ1n) is 9.03. The number of amides is 2. The summed E-state index contributed by atoms with van der Waals surface area (Å²) in [7, 11) is 0. The molecule has 1 N–H and O–H groups in total. The molecule has 1 fully saturated rings. The van der Waals surface area contributed by atoms with E-state index < -0.39 is 0 Å². The van der Waals surface area contributed by atoms with Crippen molar-refractivity contribution in [2.24, 2.45) is 0 Å². The van der Waals surface area contributed by atoms with Crippen molar-refractivity contribution in [2.45, 2.75) is 19.3 Å². The van der Waals surface area contributed by atoms with E-state index in [1.54, 1.807) is 46.7 Å². The van der Waals surface area contributed by atoms with E-state index in [0.717, 1.165) is 18.5 Å². The minimum absolute atomic E-state index is 0.121. The van der Waals surface area contributed by atoms with Crippen LogP contribution in [0.3, 0.4) is 0 Å². The average molecular weight is 395 g/mol. The summed E-state index contributed by atoms with van der Waals surface area (Å²) in [5, 5.41) is 4.98. The van der Waals surface area contributed by atoms with Crippen LogP contribution >= 0.6 is 11.3 Å². The van der Waals surface area contributed by atoms with Crippen LogP contribution in [0, 0.1) is 5.82 Å². The zero-order chi connectivity index (χ0) is 19.5. The van der Waals surface area contributed by atoms with Crippen molar-refractivity contribution in [3.8, 4) is 11.3 Å². The number of nitrogens with one attached hydrogen (secondary N) is 1. The molecule has 0 spiro atoms. The lowest BCUT2D eigenvalue weighted by Gasteiger charge is -2.26. The third-order valence-electron chi connectivity index (χ3n) is 4.61. The lowest BCUT2D eigenvalue weighted by Crippen LogP contribution is -2.35. The van der Waals surface area contributed by atoms with E-state index in [4.69, 9.17) is 0 Å². The van der Waals surface area contributed by atoms with Crippen molar-refractivity contribution in [2.75, 3.05) is 16.8 Å². The molecule has 28 heavy (non-hydrogen) atoms. The molecule has 0 unspecified atom stereocenters. The molecule has 0 bridgehead atoms. The number of nitrogens with zero attached hydrogens (tertiary/aromatic N) is 2. The minimum atomic E-state index is -0.330. The van der Waals surface area contributed by atoms with Gasteiger partial charge in [0.05, 0.1) is 5.69 Å². The molecule has 7 heteroatoms. The molecule has 0 aliphatic carbocycles. The number of aromatic nitrogens is 1. The van der Waals surface area contributed by atoms with Gasteiger partial charge >= 0.3 is 0 Å². The summed E-state index contributed by atoms with van der Waals surface area (Å²) in [5.41, 5.74) is 2.56. The van der Waals surface area contributed by atoms with Crippen molar-refractivity contribution in [3.63, 3.8) is 0 Å². The number of piperidine rings is 1. The summed E-state index contributed by atoms with van der Waals surface area (Å²) >= 11 is 1.28. The second-order valence-corrected chi connectivity index (χ2v) is 7.41. The van der Waals surface area contributed by atoms with Crippen LogP contribution in [0.2, 0.25) is 0 Å². The van der Waals surface area contributed by atoms with E-state index in [1.165, 1.54) is 23.5 Å². The Hall–Kier alpha value is -3.06. The Bertz CT molecular complexity index is 1020. The van der Waals surface area contributed by atoms with E-state index in [-0.39, 0.29) is 17.6 Å². The van der Waals surface area contributed by atoms with Gasteiger partial charge in [0.15, 0.2) is 5.13 Å². The Kier molecular flexibility index (Phi) is 5.16. The SMILES string of the molecule is O=C(Nc1nc(-c2cccc(F)c2)cs1)c1ccc(N2CCCCC2=O)cc1. The number of carbonyl (C=O) groups excluding carboxylic acids is 2. The van der Waals surface area contributed by atoms with Gasteiger partial charge in [0.2, 0.25) is 5.91 Å². The Morgan fingerprint density at radius 1 is 1.14 bits per heavy atom. The number of thiazole rings is 1. The van der Waals surface area contributed by atoms with Crippen LogP contribution in [0.5, 0.6) is 0 Å². The standard InChI is InChI=1S/C21H18FN3O2S/c22-16-5-3-4-15(12-16)18-13-28-21(23-18)24-20(27)14-7-9-17(10-8-14)25-11-2-1-6-19(25)26/h3-5,7-10,12-13H,1-2,6,11H2,(H,23,24,27). The van der Waals surface area contributed by atoms with Crippen LogP contribution in [-0.4, -0.2) is 23.3 Å². The fraction of sp³-hybridized carbons (Fsp3) is 0.190. The Labute approximate surface area is 165 Å². The number of hydrogen-bond acceptors (Lipinski definition) is 4. The molecule has 0 saturated carbocycles. The Balaban J connectivity index is 1.45. The summed E-state index contributed by atoms with van der Waals surface area (Å²) in [6.07, 6.45) is 2.49. The van der Waals surface area contributed by atoms with Crippen LogP contribution < -0.4 is 10.2 Å². The maximum Gasteiger partial charge on any atom is 0.257 e. The first-order valence-corrected chi connectivity index (χ1v) is 9.91. The van der Waals surface area contributed by atoms with Gasteiger partial charge in [-0.05, 0) is 49.2 Å². The van der Waals surface area contributed by atoms with E-state index >= 15 is 0 Å². The molecule has 1 aromatic heterocycles. The smallest absolute Gasteiger partial charge is 0.257 e. The van der Waals surface area contributed by atoms with Crippen molar-refractivity contribution >= 4 is 34.0 Å². The van der Waals surface area contributed by atoms with Crippen LogP contribution in [0.1, 0.15) is 29.6 Å². The van der Waals surface area contributed by atoms with E-state index in [9.17, 15) is 14.0 Å². The predicted octanol–water partition coefficient (Wildman–Crippen LogP) is 4.72. The van der Waals surface area contributed by atoms with Gasteiger partial charge in [-0.3, -0.25) is 14.9 Å². The number of hydrogen-bond donors (Lipinski definition) is 1. The molecule has 4 rings (SSSR count). The molecule has 2 aromatic carbocycles. The average Bonchev–Trinajstić information content (AvgIpc) is 3.17. The van der Waals surface area contributed by atoms with Gasteiger partial charge < -0.3 is 4.90 Å². The van der Waals surface area contributed by atoms with Gasteiger partial charge in [0, 0.05) is 35.2 Å². The number of anilines is 2. The lowest BCUT2D eigenvalue weighted by molar-refractivity contribution is -0.119. The second kappa shape index (κ2) is 7.90. The molecule has 3 aromatic rings. The van der Waals surface area contributed by atoms with Gasteiger partial charge in [-0.25, -0.2) is 9.37 Å². The molecule has 2 amide bonds. The van der Waals surface area contributed by atoms with Crippen molar-refractivity contribution in [1.82, 2.24) is 4.98 Å². The van der Waals surface area contributed by atoms with E-state index in [2.05, 4.69) is 10.3 Å². The highest BCUT2D eigenvalue weighted by atomic mass is 32.1. The highest BCUT2D eigenvalue weighted by molar-refractivity contribution is 7.14. The highest BCUT2D eigenvalue weighted by Crippen LogP contribution is 2.26. The summed E-state index contributed by atoms with van der Waals surface area (Å²) in [4.78, 5) is 30.6. The Morgan fingerprint density at radius 3 is 2.71 bits per heavy atom. The normalized spacial score (nSPS) is 14.2. The lowest BCUT2D eigenvalue weighted by atomic mass is 10.1. The molecular formula is C21H18FN3O2S. The second-order valence-electron chi connectivity index (χ2n) is 6.55. The number of rotatable bonds is 4. The third kappa shape index (κ3) is 3.94. The van der Waals surface area contributed by atoms with Crippen molar-refractivity contribution in [3.05, 3.63) is 65.3 Å². The van der Waals surface area contributed by atoms with Gasteiger partial charge in [0.25, 0.3) is 5.91 Å². The van der Waals surface area contributed by atoms with Crippen molar-refractivity contribution in [1.29, 1.82) is 0 Å². The first-order chi connectivity index (χ1) is 13.6. The zero-order valence-electron chi connectivity index (χ0n) is 15.0. The van der Waals surface area contributed by atoms with Gasteiger partial charge in [-0.1, -0.05) is 12.1 Å². The minimum Gasteiger partial charge on any atom is -0.312 e. The van der Waals surface area contributed by atoms with Crippen LogP contribution in [0.15, 0.2) is 53.9 Å². The maximum absolute atomic E-state index is 13.4. The quantitative estimate of drug-likeness (QED) is 0.695. The molecule has 0 atom stereocenters. The molecule has 2 heterocycles. The summed E-state index contributed by atoms with van der Waals surface area (Å²) < 4.78 is 13.4. The number of carbonyl (C=O) groups is 2. The summed E-state index contributed by atoms with van der Waals surface area (Å²) in [6.45, 7) is 0.715. The maximum atomic E-state index is 13.4. The molecule has 1 aliphatic heterocycles. The fourth-order valence-electron chi connectivity index (χ4n) is 3.15. The molecule has 1 saturated heterocycles. The number of benzene rings is 2. The van der Waals surface area contributed by atoms with E-state index in [0.29, 0.717) is 34.9 Å². The molecule has 5 nitrogen and oxygen atoms in total. The largest absolute Gasteiger partial charge is 0.312 e. The Morgan fingerprint density at radius 2 is 1.96 bits per heavy atom. The predicted molar refractivity (Wildman–Crippen MR) is 108 cm³/mol. The molecule has 142 valence electrons. The van der Waals surface area contributed by atoms with E-state index in [1.807, 2.05) is 0 Å². The highest BCUT2D eigenvalue weighted by Gasteiger charge is 2.20. The van der Waals surface area contributed by atoms with Crippen LogP contribution in [0.4, 0.5) is 15.2 Å². The van der Waals surface area contributed by atoms with Crippen molar-refractivity contribution < 1.29 is 14.0 Å². The monoisotopic (exact) mass is 395 g/mol. The van der Waals surface area contributed by atoms with Crippen LogP contribution in [0.25, 0.3) is 11.3 Å². The topological polar surface area (TPSA) is 62.3 Å². The molecular weight excluding hydrogens is 377 g/mol. The van der Waals surface area contributed by atoms with Gasteiger partial charge in [-0.2, -0.15) is 0 Å². The summed E-state index contributed by atoms with van der Waals surface area (Å²) in [5.74, 6) is -0.490. The fourth-order valence-corrected chi connectivity index (χ4v) is 3.87. The van der Waals surface area contributed by atoms with Crippen LogP contribution in [-0.2, 0) is 4.79 Å². The zero-order valence-corrected chi connectivity index (χ0v) is 15.8.